The zero-order chi connectivity index (χ0) is 12.9. The van der Waals surface area contributed by atoms with E-state index in [0.29, 0.717) is 5.92 Å². The van der Waals surface area contributed by atoms with Crippen LogP contribution in [0.4, 0.5) is 0 Å². The predicted octanol–water partition coefficient (Wildman–Crippen LogP) is -0.720. The molecule has 1 unspecified atom stereocenters. The number of unbranched alkanes of at least 4 members (excludes halogenated alkanes) is 1. The van der Waals surface area contributed by atoms with Gasteiger partial charge in [-0.25, -0.2) is 0 Å². The zero-order valence-electron chi connectivity index (χ0n) is 11.2. The molecule has 18 heavy (non-hydrogen) atoms. The third-order valence-corrected chi connectivity index (χ3v) is 2.73. The lowest BCUT2D eigenvalue weighted by molar-refractivity contribution is -0.175. The molecule has 0 aliphatic heterocycles. The van der Waals surface area contributed by atoms with Gasteiger partial charge in [0.1, 0.15) is 0 Å². The first-order valence-electron chi connectivity index (χ1n) is 6.23. The molecule has 0 fully saturated rings. The van der Waals surface area contributed by atoms with Gasteiger partial charge in [0.05, 0.1) is 12.0 Å². The summed E-state index contributed by atoms with van der Waals surface area (Å²) in [6, 6.07) is 10.6. The molecule has 0 bridgehead atoms. The number of benzene rings is 1. The van der Waals surface area contributed by atoms with E-state index in [2.05, 4.69) is 44.2 Å². The Bertz CT molecular complexity index is 290. The lowest BCUT2D eigenvalue weighted by Crippen LogP contribution is -3.00. The van der Waals surface area contributed by atoms with Crippen molar-refractivity contribution in [2.45, 2.75) is 39.0 Å². The Balaban J connectivity index is 0. The van der Waals surface area contributed by atoms with Crippen LogP contribution in [-0.4, -0.2) is 13.2 Å². The van der Waals surface area contributed by atoms with E-state index >= 15 is 0 Å². The summed E-state index contributed by atoms with van der Waals surface area (Å²) in [6.07, 6.45) is 3.53. The molecule has 1 atom stereocenters. The molecule has 0 aliphatic carbocycles. The van der Waals surface area contributed by atoms with Gasteiger partial charge in [0.25, 0.3) is 0 Å². The summed E-state index contributed by atoms with van der Waals surface area (Å²) in [7, 11) is 0. The maximum Gasteiger partial charge on any atom is 0.212 e. The van der Waals surface area contributed by atoms with E-state index in [9.17, 15) is 0 Å². The van der Waals surface area contributed by atoms with Crippen molar-refractivity contribution in [2.24, 2.45) is 0 Å². The van der Waals surface area contributed by atoms with Crippen molar-refractivity contribution in [1.82, 2.24) is 0 Å². The van der Waals surface area contributed by atoms with Crippen molar-refractivity contribution in [2.75, 3.05) is 13.2 Å². The first-order valence-corrected chi connectivity index (χ1v) is 6.23. The molecule has 0 spiro atoms. The fourth-order valence-corrected chi connectivity index (χ4v) is 1.65. The van der Waals surface area contributed by atoms with Gasteiger partial charge in [-0.3, -0.25) is 0 Å². The van der Waals surface area contributed by atoms with Gasteiger partial charge in [-0.05, 0) is 18.4 Å². The van der Waals surface area contributed by atoms with Crippen LogP contribution in [0.15, 0.2) is 30.3 Å². The van der Waals surface area contributed by atoms with Gasteiger partial charge in [-0.2, -0.15) is 0 Å². The third kappa shape index (κ3) is 8.05. The Labute approximate surface area is 116 Å². The monoisotopic (exact) mass is 270 g/mol. The van der Waals surface area contributed by atoms with Crippen LogP contribution in [-0.2, 0) is 4.74 Å². The Morgan fingerprint density at radius 1 is 1.17 bits per heavy atom. The molecule has 1 aromatic rings. The van der Waals surface area contributed by atoms with Gasteiger partial charge in [0.15, 0.2) is 0 Å². The van der Waals surface area contributed by atoms with Gasteiger partial charge < -0.3 is 17.1 Å². The molecule has 0 aromatic heterocycles. The SMILES string of the molecule is CCCCOCC(CC)c1ccccc1.N#[NH+].[Cl-]. The number of hydrogen-bond donors (Lipinski definition) is 1. The number of hydrogen-bond acceptors (Lipinski definition) is 2. The summed E-state index contributed by atoms with van der Waals surface area (Å²) in [5, 5.41) is 11.0. The second-order valence-electron chi connectivity index (χ2n) is 3.94. The average Bonchev–Trinajstić information content (AvgIpc) is 2.42. The molecule has 4 heteroatoms. The summed E-state index contributed by atoms with van der Waals surface area (Å²) in [4.78, 5) is 0. The summed E-state index contributed by atoms with van der Waals surface area (Å²) in [6.45, 7) is 6.18. The normalized spacial score (nSPS) is 10.7. The summed E-state index contributed by atoms with van der Waals surface area (Å²) in [5.74, 6) is 0.558. The highest BCUT2D eigenvalue weighted by atomic mass is 35.5. The van der Waals surface area contributed by atoms with E-state index in [0.717, 1.165) is 19.6 Å². The van der Waals surface area contributed by atoms with Gasteiger partial charge in [0.2, 0.25) is 5.39 Å². The van der Waals surface area contributed by atoms with Gasteiger partial charge >= 0.3 is 0 Å². The first kappa shape index (κ1) is 19.2. The fourth-order valence-electron chi connectivity index (χ4n) is 1.65. The van der Waals surface area contributed by atoms with Crippen LogP contribution in [0.3, 0.4) is 0 Å². The highest BCUT2D eigenvalue weighted by molar-refractivity contribution is 5.19. The molecule has 1 rings (SSSR count). The number of nitrogens with one attached hydrogen (secondary N) is 1. The number of rotatable bonds is 7. The second-order valence-corrected chi connectivity index (χ2v) is 3.94. The van der Waals surface area contributed by atoms with E-state index in [1.54, 1.807) is 0 Å². The standard InChI is InChI=1S/C14H22O.ClH.N2/c1-3-5-11-15-12-13(4-2)14-9-7-6-8-10-14;;1-2/h6-10,13H,3-5,11-12H2,1-2H3;1H;. The third-order valence-electron chi connectivity index (χ3n) is 2.73. The molecule has 0 saturated heterocycles. The Morgan fingerprint density at radius 2 is 1.78 bits per heavy atom. The number of ether oxygens (including phenoxy) is 1. The van der Waals surface area contributed by atoms with E-state index in [4.69, 9.17) is 15.5 Å². The highest BCUT2D eigenvalue weighted by Gasteiger charge is 2.08. The van der Waals surface area contributed by atoms with Crippen molar-refractivity contribution in [3.05, 3.63) is 35.9 Å². The fraction of sp³-hybridized carbons (Fsp3) is 0.571. The quantitative estimate of drug-likeness (QED) is 0.525. The molecule has 0 aliphatic rings. The Hall–Kier alpha value is -1.11. The molecular formula is C14H23ClN2O. The Kier molecular flexibility index (Phi) is 14.9. The number of diazo groups is 1. The van der Waals surface area contributed by atoms with Crippen LogP contribution >= 0.6 is 0 Å². The maximum atomic E-state index is 6.25. The van der Waals surface area contributed by atoms with Gasteiger partial charge in [0, 0.05) is 12.5 Å². The van der Waals surface area contributed by atoms with Crippen LogP contribution < -0.4 is 17.8 Å². The van der Waals surface area contributed by atoms with Crippen LogP contribution in [0.1, 0.15) is 44.6 Å². The van der Waals surface area contributed by atoms with Crippen LogP contribution in [0.5, 0.6) is 0 Å². The molecule has 0 amide bonds. The molecule has 0 heterocycles. The molecule has 102 valence electrons. The summed E-state index contributed by atoms with van der Waals surface area (Å²) in [5.41, 5.74) is 1.40. The molecule has 1 aromatic carbocycles. The average molecular weight is 271 g/mol. The first-order chi connectivity index (χ1) is 8.38. The van der Waals surface area contributed by atoms with Crippen LogP contribution in [0.2, 0.25) is 0 Å². The van der Waals surface area contributed by atoms with Crippen molar-refractivity contribution in [3.63, 3.8) is 0 Å². The van der Waals surface area contributed by atoms with Crippen LogP contribution in [0, 0.1) is 5.39 Å². The van der Waals surface area contributed by atoms with E-state index in [1.165, 1.54) is 18.4 Å². The maximum absolute atomic E-state index is 6.25. The highest BCUT2D eigenvalue weighted by Crippen LogP contribution is 2.19. The lowest BCUT2D eigenvalue weighted by Gasteiger charge is -2.15. The summed E-state index contributed by atoms with van der Waals surface area (Å²) >= 11 is 0. The van der Waals surface area contributed by atoms with E-state index < -0.39 is 0 Å². The largest absolute Gasteiger partial charge is 1.00 e. The molecular weight excluding hydrogens is 248 g/mol. The molecule has 1 N–H and O–H groups in total. The van der Waals surface area contributed by atoms with Crippen molar-refractivity contribution >= 4 is 0 Å². The predicted molar refractivity (Wildman–Crippen MR) is 67.9 cm³/mol. The number of halogens is 1. The Morgan fingerprint density at radius 3 is 2.28 bits per heavy atom. The topological polar surface area (TPSA) is 56.8 Å². The van der Waals surface area contributed by atoms with Crippen molar-refractivity contribution < 1.29 is 22.5 Å². The minimum absolute atomic E-state index is 0. The second kappa shape index (κ2) is 14.0. The lowest BCUT2D eigenvalue weighted by atomic mass is 9.98. The van der Waals surface area contributed by atoms with Crippen molar-refractivity contribution in [1.29, 1.82) is 5.39 Å². The zero-order valence-corrected chi connectivity index (χ0v) is 12.0. The van der Waals surface area contributed by atoms with E-state index in [1.807, 2.05) is 0 Å². The van der Waals surface area contributed by atoms with Crippen LogP contribution in [0.25, 0.3) is 0 Å². The van der Waals surface area contributed by atoms with Gasteiger partial charge in [-0.1, -0.05) is 50.6 Å². The smallest absolute Gasteiger partial charge is 0.212 e. The van der Waals surface area contributed by atoms with Crippen molar-refractivity contribution in [3.8, 4) is 0 Å². The molecule has 0 radical (unpaired) electrons. The number of nitrogens with zero attached hydrogens (tertiary/aromatic N) is 1. The summed E-state index contributed by atoms with van der Waals surface area (Å²) < 4.78 is 5.68. The minimum atomic E-state index is 0. The van der Waals surface area contributed by atoms with Gasteiger partial charge in [-0.15, -0.1) is 0 Å². The molecule has 3 nitrogen and oxygen atoms in total. The molecule has 0 saturated carbocycles. The minimum Gasteiger partial charge on any atom is -1.00 e. The van der Waals surface area contributed by atoms with E-state index in [-0.39, 0.29) is 12.4 Å².